The van der Waals surface area contributed by atoms with Crippen molar-refractivity contribution in [3.8, 4) is 10.6 Å². The highest BCUT2D eigenvalue weighted by atomic mass is 32.1. The lowest BCUT2D eigenvalue weighted by Gasteiger charge is -2.25. The summed E-state index contributed by atoms with van der Waals surface area (Å²) in [6, 6.07) is 12.6. The number of hydrogen-bond acceptors (Lipinski definition) is 6. The van der Waals surface area contributed by atoms with Crippen molar-refractivity contribution < 1.29 is 14.3 Å². The fraction of sp³-hybridized carbons (Fsp3) is 0.250. The van der Waals surface area contributed by atoms with Crippen LogP contribution in [0.4, 0.5) is 11.4 Å². The van der Waals surface area contributed by atoms with Crippen LogP contribution >= 0.6 is 11.3 Å². The molecule has 0 radical (unpaired) electrons. The average Bonchev–Trinajstić information content (AvgIpc) is 3.42. The molecule has 0 unspecified atom stereocenters. The Morgan fingerprint density at radius 2 is 1.83 bits per heavy atom. The van der Waals surface area contributed by atoms with Crippen molar-refractivity contribution in [3.63, 3.8) is 0 Å². The molecule has 3 aromatic rings. The molecule has 0 aliphatic carbocycles. The van der Waals surface area contributed by atoms with Gasteiger partial charge in [-0.2, -0.15) is 5.10 Å². The summed E-state index contributed by atoms with van der Waals surface area (Å²) in [6.45, 7) is 3.19. The topological polar surface area (TPSA) is 99.4 Å². The van der Waals surface area contributed by atoms with Crippen molar-refractivity contribution in [1.29, 1.82) is 0 Å². The van der Waals surface area contributed by atoms with E-state index in [1.54, 1.807) is 41.7 Å². The van der Waals surface area contributed by atoms with Gasteiger partial charge >= 0.3 is 0 Å². The number of carbonyl (C=O) groups is 2. The van der Waals surface area contributed by atoms with Gasteiger partial charge < -0.3 is 15.4 Å². The molecule has 3 heterocycles. The Bertz CT molecular complexity index is 962. The molecule has 1 aliphatic rings. The summed E-state index contributed by atoms with van der Waals surface area (Å²) in [6.07, 6.45) is 0. The number of carbonyl (C=O) groups excluding carboxylic acids is 2. The highest BCUT2D eigenvalue weighted by molar-refractivity contribution is 7.13. The van der Waals surface area contributed by atoms with Crippen molar-refractivity contribution in [1.82, 2.24) is 15.1 Å². The van der Waals surface area contributed by atoms with E-state index in [0.717, 1.165) is 23.7 Å². The summed E-state index contributed by atoms with van der Waals surface area (Å²) in [5.74, 6) is -0.366. The first kappa shape index (κ1) is 19.3. The predicted octanol–water partition coefficient (Wildman–Crippen LogP) is 2.66. The summed E-state index contributed by atoms with van der Waals surface area (Å²) in [4.78, 5) is 27.6. The Hall–Kier alpha value is -3.01. The van der Waals surface area contributed by atoms with Gasteiger partial charge in [0.25, 0.3) is 5.91 Å². The first-order chi connectivity index (χ1) is 14.2. The molecule has 0 bridgehead atoms. The first-order valence-electron chi connectivity index (χ1n) is 9.28. The zero-order valence-electron chi connectivity index (χ0n) is 15.7. The number of aromatic nitrogens is 2. The highest BCUT2D eigenvalue weighted by Gasteiger charge is 2.15. The largest absolute Gasteiger partial charge is 0.379 e. The van der Waals surface area contributed by atoms with Crippen LogP contribution < -0.4 is 10.6 Å². The minimum atomic E-state index is -0.298. The van der Waals surface area contributed by atoms with Gasteiger partial charge in [0.15, 0.2) is 5.69 Å². The number of nitrogens with one attached hydrogen (secondary N) is 3. The third kappa shape index (κ3) is 5.08. The van der Waals surface area contributed by atoms with E-state index in [2.05, 4.69) is 25.7 Å². The average molecular weight is 411 g/mol. The van der Waals surface area contributed by atoms with E-state index < -0.39 is 0 Å². The van der Waals surface area contributed by atoms with Crippen LogP contribution in [0.1, 0.15) is 10.5 Å². The van der Waals surface area contributed by atoms with Gasteiger partial charge in [0.05, 0.1) is 30.3 Å². The number of rotatable bonds is 6. The van der Waals surface area contributed by atoms with Crippen LogP contribution in [0.3, 0.4) is 0 Å². The summed E-state index contributed by atoms with van der Waals surface area (Å²) in [5.41, 5.74) is 2.43. The quantitative estimate of drug-likeness (QED) is 0.579. The second-order valence-corrected chi connectivity index (χ2v) is 7.56. The molecule has 3 N–H and O–H groups in total. The molecule has 0 spiro atoms. The third-order valence-electron chi connectivity index (χ3n) is 4.49. The molecular weight excluding hydrogens is 390 g/mol. The molecule has 8 nitrogen and oxygen atoms in total. The van der Waals surface area contributed by atoms with E-state index >= 15 is 0 Å². The molecule has 0 saturated carbocycles. The maximum atomic E-state index is 12.4. The minimum Gasteiger partial charge on any atom is -0.379 e. The molecule has 29 heavy (non-hydrogen) atoms. The lowest BCUT2D eigenvalue weighted by atomic mass is 10.2. The summed E-state index contributed by atoms with van der Waals surface area (Å²) >= 11 is 1.58. The molecule has 2 amide bonds. The molecular formula is C20H21N5O3S. The van der Waals surface area contributed by atoms with Crippen molar-refractivity contribution in [2.24, 2.45) is 0 Å². The number of nitrogens with zero attached hydrogens (tertiary/aromatic N) is 2. The number of hydrogen-bond donors (Lipinski definition) is 3. The van der Waals surface area contributed by atoms with E-state index in [9.17, 15) is 9.59 Å². The Balaban J connectivity index is 1.31. The molecule has 1 aromatic carbocycles. The van der Waals surface area contributed by atoms with E-state index in [-0.39, 0.29) is 11.8 Å². The zero-order chi connectivity index (χ0) is 20.1. The maximum absolute atomic E-state index is 12.4. The number of H-pyrrole nitrogens is 1. The number of morpholine rings is 1. The molecule has 150 valence electrons. The number of ether oxygens (including phenoxy) is 1. The van der Waals surface area contributed by atoms with Crippen LogP contribution in [0, 0.1) is 0 Å². The summed E-state index contributed by atoms with van der Waals surface area (Å²) in [7, 11) is 0. The van der Waals surface area contributed by atoms with Crippen LogP contribution in [-0.4, -0.2) is 59.8 Å². The minimum absolute atomic E-state index is 0.0682. The number of benzene rings is 1. The SMILES string of the molecule is O=C(CN1CCOCC1)Nc1ccc(NC(=O)c2cc(-c3cccs3)[nH]n2)cc1. The second kappa shape index (κ2) is 8.99. The Kier molecular flexibility index (Phi) is 5.99. The van der Waals surface area contributed by atoms with Crippen molar-refractivity contribution >= 4 is 34.5 Å². The van der Waals surface area contributed by atoms with Crippen LogP contribution in [0.2, 0.25) is 0 Å². The molecule has 1 aliphatic heterocycles. The summed E-state index contributed by atoms with van der Waals surface area (Å²) in [5, 5.41) is 14.6. The lowest BCUT2D eigenvalue weighted by molar-refractivity contribution is -0.118. The van der Waals surface area contributed by atoms with Crippen LogP contribution in [-0.2, 0) is 9.53 Å². The molecule has 1 fully saturated rings. The van der Waals surface area contributed by atoms with Crippen molar-refractivity contribution in [3.05, 3.63) is 53.5 Å². The Morgan fingerprint density at radius 3 is 2.52 bits per heavy atom. The Labute approximate surface area is 171 Å². The number of amides is 2. The number of thiophene rings is 1. The molecule has 0 atom stereocenters. The van der Waals surface area contributed by atoms with E-state index in [1.165, 1.54) is 0 Å². The predicted molar refractivity (Wildman–Crippen MR) is 112 cm³/mol. The fourth-order valence-corrected chi connectivity index (χ4v) is 3.68. The van der Waals surface area contributed by atoms with E-state index in [0.29, 0.717) is 36.8 Å². The van der Waals surface area contributed by atoms with Crippen LogP contribution in [0.15, 0.2) is 47.8 Å². The van der Waals surface area contributed by atoms with Gasteiger partial charge in [-0.15, -0.1) is 11.3 Å². The van der Waals surface area contributed by atoms with Gasteiger partial charge in [0, 0.05) is 24.5 Å². The van der Waals surface area contributed by atoms with Crippen molar-refractivity contribution in [2.75, 3.05) is 43.5 Å². The first-order valence-corrected chi connectivity index (χ1v) is 10.2. The van der Waals surface area contributed by atoms with Gasteiger partial charge in [-0.05, 0) is 41.8 Å². The smallest absolute Gasteiger partial charge is 0.276 e. The van der Waals surface area contributed by atoms with Crippen LogP contribution in [0.5, 0.6) is 0 Å². The molecule has 9 heteroatoms. The van der Waals surface area contributed by atoms with Crippen molar-refractivity contribution in [2.45, 2.75) is 0 Å². The number of aromatic amines is 1. The zero-order valence-corrected chi connectivity index (χ0v) is 16.5. The van der Waals surface area contributed by atoms with Gasteiger partial charge in [-0.3, -0.25) is 19.6 Å². The molecule has 4 rings (SSSR count). The molecule has 1 saturated heterocycles. The normalized spacial score (nSPS) is 14.5. The number of anilines is 2. The van der Waals surface area contributed by atoms with E-state index in [1.807, 2.05) is 17.5 Å². The lowest BCUT2D eigenvalue weighted by Crippen LogP contribution is -2.41. The second-order valence-electron chi connectivity index (χ2n) is 6.61. The summed E-state index contributed by atoms with van der Waals surface area (Å²) < 4.78 is 5.28. The van der Waals surface area contributed by atoms with Crippen LogP contribution in [0.25, 0.3) is 10.6 Å². The Morgan fingerprint density at radius 1 is 1.10 bits per heavy atom. The standard InChI is InChI=1S/C20H21N5O3S/c26-19(13-25-7-9-28-10-8-25)21-14-3-5-15(6-4-14)22-20(27)17-12-16(23-24-17)18-2-1-11-29-18/h1-6,11-12H,7-10,13H2,(H,21,26)(H,22,27)(H,23,24). The van der Waals surface area contributed by atoms with Gasteiger partial charge in [-0.25, -0.2) is 0 Å². The molecule has 2 aromatic heterocycles. The van der Waals surface area contributed by atoms with E-state index in [4.69, 9.17) is 4.74 Å². The van der Waals surface area contributed by atoms with Gasteiger partial charge in [-0.1, -0.05) is 6.07 Å². The van der Waals surface area contributed by atoms with Gasteiger partial charge in [0.1, 0.15) is 0 Å². The monoisotopic (exact) mass is 411 g/mol. The maximum Gasteiger partial charge on any atom is 0.276 e. The third-order valence-corrected chi connectivity index (χ3v) is 5.40. The highest BCUT2D eigenvalue weighted by Crippen LogP contribution is 2.23. The fourth-order valence-electron chi connectivity index (χ4n) is 2.99. The van der Waals surface area contributed by atoms with Gasteiger partial charge in [0.2, 0.25) is 5.91 Å².